The molecule has 3 radical (unpaired) electrons. The molecular weight excluding hydrogens is 98.1 g/mol. The van der Waals surface area contributed by atoms with Gasteiger partial charge in [0.15, 0.2) is 0 Å². The van der Waals surface area contributed by atoms with E-state index in [2.05, 4.69) is 6.92 Å². The van der Waals surface area contributed by atoms with E-state index in [1.165, 1.54) is 12.8 Å². The summed E-state index contributed by atoms with van der Waals surface area (Å²) >= 11 is 0. The van der Waals surface area contributed by atoms with Gasteiger partial charge in [-0.05, 0) is 31.8 Å². The van der Waals surface area contributed by atoms with Crippen molar-refractivity contribution in [3.05, 3.63) is 7.05 Å². The number of hydrogen-bond acceptors (Lipinski definition) is 1. The lowest BCUT2D eigenvalue weighted by molar-refractivity contribution is 0.252. The van der Waals surface area contributed by atoms with Crippen LogP contribution in [0.15, 0.2) is 0 Å². The highest BCUT2D eigenvalue weighted by Gasteiger charge is 2.11. The number of likely N-dealkylation sites (tertiary alicyclic amines) is 1. The zero-order valence-electron chi connectivity index (χ0n) is 5.35. The van der Waals surface area contributed by atoms with Crippen LogP contribution in [0.25, 0.3) is 0 Å². The van der Waals surface area contributed by atoms with Gasteiger partial charge in [0.05, 0.1) is 7.05 Å². The van der Waals surface area contributed by atoms with Crippen molar-refractivity contribution in [3.8, 4) is 0 Å². The van der Waals surface area contributed by atoms with Crippen LogP contribution in [0.3, 0.4) is 0 Å². The Morgan fingerprint density at radius 1 is 1.38 bits per heavy atom. The molecule has 0 aromatic carbocycles. The summed E-state index contributed by atoms with van der Waals surface area (Å²) in [6.07, 6.45) is 2.42. The van der Waals surface area contributed by atoms with Crippen molar-refractivity contribution >= 4 is 0 Å². The average Bonchev–Trinajstić information content (AvgIpc) is 1.77. The van der Waals surface area contributed by atoms with Crippen LogP contribution in [0.4, 0.5) is 0 Å². The zero-order chi connectivity index (χ0) is 5.98. The molecule has 1 saturated heterocycles. The fourth-order valence-electron chi connectivity index (χ4n) is 1.01. The standard InChI is InChI=1S/C7H12N/c1-7-3-5-8(2)6-4-7/h7H,3-6H2,1H3. The van der Waals surface area contributed by atoms with Crippen molar-refractivity contribution < 1.29 is 0 Å². The van der Waals surface area contributed by atoms with E-state index in [9.17, 15) is 0 Å². The zero-order valence-corrected chi connectivity index (χ0v) is 5.35. The van der Waals surface area contributed by atoms with Crippen LogP contribution in [0.2, 0.25) is 0 Å². The third kappa shape index (κ3) is 1.48. The molecular formula is C7H12N. The van der Waals surface area contributed by atoms with Crippen LogP contribution < -0.4 is 0 Å². The van der Waals surface area contributed by atoms with E-state index in [1.807, 2.05) is 0 Å². The fraction of sp³-hybridized carbons (Fsp3) is 0.857. The van der Waals surface area contributed by atoms with Gasteiger partial charge in [0.25, 0.3) is 0 Å². The van der Waals surface area contributed by atoms with E-state index < -0.39 is 0 Å². The van der Waals surface area contributed by atoms with Gasteiger partial charge in [-0.3, -0.25) is 4.90 Å². The second kappa shape index (κ2) is 2.49. The SMILES string of the molecule is [C]N1CCC(C)CC1. The minimum atomic E-state index is 0.858. The van der Waals surface area contributed by atoms with Gasteiger partial charge in [0.1, 0.15) is 0 Å². The van der Waals surface area contributed by atoms with Crippen molar-refractivity contribution in [2.24, 2.45) is 5.92 Å². The minimum absolute atomic E-state index is 0.858. The summed E-state index contributed by atoms with van der Waals surface area (Å²) in [6.45, 7) is 4.20. The molecule has 0 bridgehead atoms. The minimum Gasteiger partial charge on any atom is -0.292 e. The summed E-state index contributed by atoms with van der Waals surface area (Å²) in [4.78, 5) is 1.65. The Morgan fingerprint density at radius 2 is 1.88 bits per heavy atom. The molecule has 1 nitrogen and oxygen atoms in total. The van der Waals surface area contributed by atoms with E-state index in [1.54, 1.807) is 4.90 Å². The molecule has 0 N–H and O–H groups in total. The molecule has 45 valence electrons. The first-order valence-corrected chi connectivity index (χ1v) is 3.25. The highest BCUT2D eigenvalue weighted by molar-refractivity contribution is 4.67. The summed E-state index contributed by atoms with van der Waals surface area (Å²) in [5.41, 5.74) is 0. The largest absolute Gasteiger partial charge is 0.292 e. The molecule has 0 saturated carbocycles. The van der Waals surface area contributed by atoms with Gasteiger partial charge in [-0.1, -0.05) is 6.92 Å². The molecule has 1 aliphatic heterocycles. The Labute approximate surface area is 51.7 Å². The monoisotopic (exact) mass is 110 g/mol. The summed E-state index contributed by atoms with van der Waals surface area (Å²) < 4.78 is 0. The maximum absolute atomic E-state index is 7.20. The van der Waals surface area contributed by atoms with Crippen LogP contribution in [0.5, 0.6) is 0 Å². The lowest BCUT2D eigenvalue weighted by Crippen LogP contribution is -2.27. The first-order chi connectivity index (χ1) is 3.79. The van der Waals surface area contributed by atoms with Crippen LogP contribution in [-0.4, -0.2) is 18.0 Å². The van der Waals surface area contributed by atoms with Crippen molar-refractivity contribution in [2.75, 3.05) is 13.1 Å². The Morgan fingerprint density at radius 3 is 2.25 bits per heavy atom. The lowest BCUT2D eigenvalue weighted by atomic mass is 10.00. The van der Waals surface area contributed by atoms with Crippen LogP contribution >= 0.6 is 0 Å². The van der Waals surface area contributed by atoms with Crippen molar-refractivity contribution in [2.45, 2.75) is 19.8 Å². The second-order valence-electron chi connectivity index (χ2n) is 2.67. The molecule has 8 heavy (non-hydrogen) atoms. The smallest absolute Gasteiger partial charge is 0.0882 e. The number of piperidine rings is 1. The van der Waals surface area contributed by atoms with E-state index in [-0.39, 0.29) is 0 Å². The topological polar surface area (TPSA) is 3.24 Å². The maximum atomic E-state index is 7.20. The predicted octanol–water partition coefficient (Wildman–Crippen LogP) is 1.26. The first kappa shape index (κ1) is 6.09. The summed E-state index contributed by atoms with van der Waals surface area (Å²) in [6, 6.07) is 0. The summed E-state index contributed by atoms with van der Waals surface area (Å²) in [5, 5.41) is 0. The normalized spacial score (nSPS) is 26.2. The highest BCUT2D eigenvalue weighted by atomic mass is 15.1. The van der Waals surface area contributed by atoms with Crippen LogP contribution in [0, 0.1) is 13.0 Å². The van der Waals surface area contributed by atoms with Gasteiger partial charge < -0.3 is 0 Å². The third-order valence-corrected chi connectivity index (χ3v) is 1.78. The first-order valence-electron chi connectivity index (χ1n) is 3.25. The molecule has 1 fully saturated rings. The van der Waals surface area contributed by atoms with Gasteiger partial charge in [-0.25, -0.2) is 0 Å². The van der Waals surface area contributed by atoms with Gasteiger partial charge in [0.2, 0.25) is 0 Å². The quantitative estimate of drug-likeness (QED) is 0.454. The second-order valence-corrected chi connectivity index (χ2v) is 2.67. The van der Waals surface area contributed by atoms with Gasteiger partial charge in [0, 0.05) is 0 Å². The molecule has 0 atom stereocenters. The average molecular weight is 110 g/mol. The fourth-order valence-corrected chi connectivity index (χ4v) is 1.01. The number of nitrogens with zero attached hydrogens (tertiary/aromatic N) is 1. The Hall–Kier alpha value is -0.0400. The Balaban J connectivity index is 2.19. The molecule has 1 rings (SSSR count). The highest BCUT2D eigenvalue weighted by Crippen LogP contribution is 2.14. The van der Waals surface area contributed by atoms with Crippen LogP contribution in [0.1, 0.15) is 19.8 Å². The van der Waals surface area contributed by atoms with E-state index >= 15 is 0 Å². The molecule has 1 heterocycles. The summed E-state index contributed by atoms with van der Waals surface area (Å²) in [7, 11) is 7.20. The molecule has 1 heteroatoms. The maximum Gasteiger partial charge on any atom is 0.0882 e. The molecule has 0 spiro atoms. The molecule has 1 aliphatic rings. The third-order valence-electron chi connectivity index (χ3n) is 1.78. The van der Waals surface area contributed by atoms with Crippen molar-refractivity contribution in [3.63, 3.8) is 0 Å². The lowest BCUT2D eigenvalue weighted by Gasteiger charge is -2.25. The van der Waals surface area contributed by atoms with Gasteiger partial charge >= 0.3 is 0 Å². The molecule has 0 unspecified atom stereocenters. The van der Waals surface area contributed by atoms with Crippen molar-refractivity contribution in [1.29, 1.82) is 0 Å². The van der Waals surface area contributed by atoms with E-state index in [4.69, 9.17) is 7.05 Å². The van der Waals surface area contributed by atoms with Gasteiger partial charge in [-0.2, -0.15) is 0 Å². The Kier molecular flexibility index (Phi) is 1.90. The molecule has 0 aromatic heterocycles. The van der Waals surface area contributed by atoms with Crippen LogP contribution in [-0.2, 0) is 0 Å². The molecule has 0 aliphatic carbocycles. The molecule has 0 amide bonds. The predicted molar refractivity (Wildman–Crippen MR) is 33.2 cm³/mol. The van der Waals surface area contributed by atoms with E-state index in [0.29, 0.717) is 0 Å². The van der Waals surface area contributed by atoms with Gasteiger partial charge in [-0.15, -0.1) is 0 Å². The summed E-state index contributed by atoms with van der Waals surface area (Å²) in [5.74, 6) is 0.858. The number of hydrogen-bond donors (Lipinski definition) is 0. The van der Waals surface area contributed by atoms with Crippen molar-refractivity contribution in [1.82, 2.24) is 4.90 Å². The number of rotatable bonds is 0. The molecule has 0 aromatic rings. The van der Waals surface area contributed by atoms with E-state index in [0.717, 1.165) is 19.0 Å². The Bertz CT molecular complexity index is 52.8.